The summed E-state index contributed by atoms with van der Waals surface area (Å²) in [6.07, 6.45) is 0. The van der Waals surface area contributed by atoms with Crippen LogP contribution in [0.5, 0.6) is 5.88 Å². The highest BCUT2D eigenvalue weighted by Crippen LogP contribution is 2.21. The number of fused-ring (bicyclic) bond motifs is 1. The molecule has 0 aromatic carbocycles. The molecule has 7 nitrogen and oxygen atoms in total. The normalized spacial score (nSPS) is 16.8. The van der Waals surface area contributed by atoms with Crippen molar-refractivity contribution < 1.29 is 14.0 Å². The van der Waals surface area contributed by atoms with Gasteiger partial charge in [-0.3, -0.25) is 4.90 Å². The lowest BCUT2D eigenvalue weighted by Gasteiger charge is -2.26. The number of ether oxygens (including phenoxy) is 2. The molecule has 1 aliphatic rings. The molecule has 2 aromatic heterocycles. The topological polar surface area (TPSA) is 86.6 Å². The van der Waals surface area contributed by atoms with Crippen LogP contribution in [0.2, 0.25) is 0 Å². The van der Waals surface area contributed by atoms with Crippen LogP contribution in [0.3, 0.4) is 0 Å². The number of nitrogen functional groups attached to an aromatic ring is 1. The van der Waals surface area contributed by atoms with Crippen LogP contribution in [-0.4, -0.2) is 54.5 Å². The molecule has 3 rings (SSSR count). The van der Waals surface area contributed by atoms with E-state index in [0.717, 1.165) is 32.8 Å². The summed E-state index contributed by atoms with van der Waals surface area (Å²) in [5.74, 6) is 0.874. The minimum absolute atomic E-state index is 0.349. The first-order valence-corrected chi connectivity index (χ1v) is 6.28. The Kier molecular flexibility index (Phi) is 3.47. The second kappa shape index (κ2) is 5.41. The molecule has 1 saturated heterocycles. The van der Waals surface area contributed by atoms with E-state index in [1.165, 1.54) is 0 Å². The maximum Gasteiger partial charge on any atom is 0.263 e. The van der Waals surface area contributed by atoms with E-state index in [4.69, 9.17) is 19.7 Å². The number of anilines is 1. The molecule has 1 fully saturated rings. The lowest BCUT2D eigenvalue weighted by Crippen LogP contribution is -2.38. The number of nitrogens with two attached hydrogens (primary N) is 1. The molecule has 0 atom stereocenters. The summed E-state index contributed by atoms with van der Waals surface area (Å²) in [6, 6.07) is 3.58. The van der Waals surface area contributed by atoms with Crippen molar-refractivity contribution in [2.24, 2.45) is 0 Å². The predicted molar refractivity (Wildman–Crippen MR) is 69.0 cm³/mol. The van der Waals surface area contributed by atoms with Crippen LogP contribution in [0, 0.1) is 0 Å². The molecule has 7 heteroatoms. The molecule has 2 aromatic rings. The molecular weight excluding hydrogens is 248 g/mol. The average molecular weight is 264 g/mol. The minimum atomic E-state index is 0.349. The fourth-order valence-electron chi connectivity index (χ4n) is 2.01. The van der Waals surface area contributed by atoms with Gasteiger partial charge in [-0.1, -0.05) is 5.16 Å². The van der Waals surface area contributed by atoms with E-state index in [9.17, 15) is 0 Å². The van der Waals surface area contributed by atoms with Crippen LogP contribution in [-0.2, 0) is 4.74 Å². The van der Waals surface area contributed by atoms with Gasteiger partial charge in [-0.15, -0.1) is 0 Å². The summed E-state index contributed by atoms with van der Waals surface area (Å²) >= 11 is 0. The summed E-state index contributed by atoms with van der Waals surface area (Å²) in [6.45, 7) is 4.94. The predicted octanol–water partition coefficient (Wildman–Crippen LogP) is 0.516. The van der Waals surface area contributed by atoms with Crippen molar-refractivity contribution in [1.29, 1.82) is 0 Å². The Balaban J connectivity index is 1.56. The quantitative estimate of drug-likeness (QED) is 0.861. The maximum atomic E-state index is 5.62. The minimum Gasteiger partial charge on any atom is -0.476 e. The molecule has 0 aliphatic carbocycles. The van der Waals surface area contributed by atoms with Crippen molar-refractivity contribution in [1.82, 2.24) is 15.0 Å². The SMILES string of the molecule is Nc1noc2nc(OCCN3CCOCC3)ccc12. The number of nitrogens with zero attached hydrogens (tertiary/aromatic N) is 3. The van der Waals surface area contributed by atoms with E-state index < -0.39 is 0 Å². The second-order valence-corrected chi connectivity index (χ2v) is 4.37. The maximum absolute atomic E-state index is 5.62. The van der Waals surface area contributed by atoms with Gasteiger partial charge in [0.15, 0.2) is 5.82 Å². The average Bonchev–Trinajstić information content (AvgIpc) is 2.81. The molecule has 0 saturated carbocycles. The van der Waals surface area contributed by atoms with E-state index in [1.54, 1.807) is 12.1 Å². The van der Waals surface area contributed by atoms with Gasteiger partial charge in [0.1, 0.15) is 6.61 Å². The van der Waals surface area contributed by atoms with Crippen LogP contribution < -0.4 is 10.5 Å². The van der Waals surface area contributed by atoms with Gasteiger partial charge in [0, 0.05) is 25.7 Å². The molecule has 0 radical (unpaired) electrons. The summed E-state index contributed by atoms with van der Waals surface area (Å²) in [7, 11) is 0. The fraction of sp³-hybridized carbons (Fsp3) is 0.500. The monoisotopic (exact) mass is 264 g/mol. The lowest BCUT2D eigenvalue weighted by molar-refractivity contribution is 0.0320. The van der Waals surface area contributed by atoms with Crippen LogP contribution in [0.4, 0.5) is 5.82 Å². The summed E-state index contributed by atoms with van der Waals surface area (Å²) in [4.78, 5) is 6.50. The Morgan fingerprint density at radius 1 is 1.32 bits per heavy atom. The van der Waals surface area contributed by atoms with E-state index in [1.807, 2.05) is 0 Å². The largest absolute Gasteiger partial charge is 0.476 e. The first-order chi connectivity index (χ1) is 9.33. The van der Waals surface area contributed by atoms with E-state index >= 15 is 0 Å². The molecule has 0 spiro atoms. The van der Waals surface area contributed by atoms with Crippen LogP contribution in [0.1, 0.15) is 0 Å². The van der Waals surface area contributed by atoms with Crippen LogP contribution in [0.25, 0.3) is 11.1 Å². The summed E-state index contributed by atoms with van der Waals surface area (Å²) in [5, 5.41) is 4.36. The summed E-state index contributed by atoms with van der Waals surface area (Å²) in [5.41, 5.74) is 6.02. The molecule has 3 heterocycles. The van der Waals surface area contributed by atoms with E-state index in [2.05, 4.69) is 15.0 Å². The third-order valence-corrected chi connectivity index (χ3v) is 3.10. The highest BCUT2D eigenvalue weighted by Gasteiger charge is 2.11. The van der Waals surface area contributed by atoms with Crippen molar-refractivity contribution >= 4 is 16.9 Å². The van der Waals surface area contributed by atoms with Crippen molar-refractivity contribution in [2.45, 2.75) is 0 Å². The Morgan fingerprint density at radius 3 is 3.00 bits per heavy atom. The lowest BCUT2D eigenvalue weighted by atomic mass is 10.3. The van der Waals surface area contributed by atoms with Gasteiger partial charge in [-0.2, -0.15) is 4.98 Å². The van der Waals surface area contributed by atoms with Gasteiger partial charge < -0.3 is 19.7 Å². The van der Waals surface area contributed by atoms with Crippen molar-refractivity contribution in [3.63, 3.8) is 0 Å². The van der Waals surface area contributed by atoms with E-state index in [-0.39, 0.29) is 0 Å². The molecule has 1 aliphatic heterocycles. The Bertz CT molecular complexity index is 551. The Morgan fingerprint density at radius 2 is 2.16 bits per heavy atom. The van der Waals surface area contributed by atoms with Gasteiger partial charge in [0.05, 0.1) is 18.6 Å². The van der Waals surface area contributed by atoms with Gasteiger partial charge in [-0.25, -0.2) is 0 Å². The zero-order valence-corrected chi connectivity index (χ0v) is 10.5. The van der Waals surface area contributed by atoms with Crippen molar-refractivity contribution in [3.8, 4) is 5.88 Å². The zero-order chi connectivity index (χ0) is 13.1. The van der Waals surface area contributed by atoms with Gasteiger partial charge in [-0.05, 0) is 6.07 Å². The fourth-order valence-corrected chi connectivity index (χ4v) is 2.01. The van der Waals surface area contributed by atoms with Crippen molar-refractivity contribution in [2.75, 3.05) is 45.2 Å². The Labute approximate surface area is 110 Å². The number of morpholine rings is 1. The molecule has 0 amide bonds. The highest BCUT2D eigenvalue weighted by atomic mass is 16.5. The molecule has 19 heavy (non-hydrogen) atoms. The molecule has 102 valence electrons. The van der Waals surface area contributed by atoms with Crippen LogP contribution >= 0.6 is 0 Å². The molecule has 0 unspecified atom stereocenters. The zero-order valence-electron chi connectivity index (χ0n) is 10.5. The number of pyridine rings is 1. The molecule has 2 N–H and O–H groups in total. The first kappa shape index (κ1) is 12.2. The summed E-state index contributed by atoms with van der Waals surface area (Å²) < 4.78 is 15.9. The van der Waals surface area contributed by atoms with Gasteiger partial charge in [0.25, 0.3) is 5.71 Å². The number of rotatable bonds is 4. The molecular formula is C12H16N4O3. The van der Waals surface area contributed by atoms with Crippen LogP contribution in [0.15, 0.2) is 16.7 Å². The highest BCUT2D eigenvalue weighted by molar-refractivity contribution is 5.84. The molecule has 0 bridgehead atoms. The van der Waals surface area contributed by atoms with Crippen molar-refractivity contribution in [3.05, 3.63) is 12.1 Å². The smallest absolute Gasteiger partial charge is 0.263 e. The van der Waals surface area contributed by atoms with Gasteiger partial charge >= 0.3 is 0 Å². The second-order valence-electron chi connectivity index (χ2n) is 4.37. The number of aromatic nitrogens is 2. The Hall–Kier alpha value is -1.86. The van der Waals surface area contributed by atoms with Gasteiger partial charge in [0.2, 0.25) is 5.88 Å². The standard InChI is InChI=1S/C12H16N4O3/c13-11-9-1-2-10(14-12(9)19-15-11)18-8-5-16-3-6-17-7-4-16/h1-2H,3-8H2,(H2,13,15). The third kappa shape index (κ3) is 2.77. The third-order valence-electron chi connectivity index (χ3n) is 3.10. The number of hydrogen-bond donors (Lipinski definition) is 1. The first-order valence-electron chi connectivity index (χ1n) is 6.28. The van der Waals surface area contributed by atoms with E-state index in [0.29, 0.717) is 29.4 Å². The number of hydrogen-bond acceptors (Lipinski definition) is 7.